The van der Waals surface area contributed by atoms with Gasteiger partial charge < -0.3 is 9.73 Å². The number of nitrogens with zero attached hydrogens (tertiary/aromatic N) is 1. The van der Waals surface area contributed by atoms with Crippen molar-refractivity contribution < 1.29 is 17.6 Å². The summed E-state index contributed by atoms with van der Waals surface area (Å²) in [6.07, 6.45) is 4.88. The smallest absolute Gasteiger partial charge is 0.244 e. The monoisotopic (exact) mass is 338 g/mol. The van der Waals surface area contributed by atoms with Gasteiger partial charge in [-0.05, 0) is 37.0 Å². The number of amides is 1. The number of rotatable bonds is 6. The van der Waals surface area contributed by atoms with Crippen LogP contribution in [0.4, 0.5) is 0 Å². The van der Waals surface area contributed by atoms with Crippen molar-refractivity contribution in [3.8, 4) is 0 Å². The first kappa shape index (κ1) is 16.3. The second-order valence-electron chi connectivity index (χ2n) is 6.25. The van der Waals surface area contributed by atoms with E-state index in [2.05, 4.69) is 12.2 Å². The van der Waals surface area contributed by atoms with Crippen molar-refractivity contribution in [1.29, 1.82) is 0 Å². The zero-order chi connectivity index (χ0) is 16.4. The molecule has 2 atom stereocenters. The van der Waals surface area contributed by atoms with Gasteiger partial charge in [-0.1, -0.05) is 6.92 Å². The van der Waals surface area contributed by atoms with Gasteiger partial charge in [-0.25, -0.2) is 12.7 Å². The predicted octanol–water partition coefficient (Wildman–Crippen LogP) is 1.57. The molecule has 126 valence electrons. The lowest BCUT2D eigenvalue weighted by atomic mass is 10.3. The average Bonchev–Trinajstić information content (AvgIpc) is 2.92. The molecule has 0 radical (unpaired) electrons. The van der Waals surface area contributed by atoms with Crippen molar-refractivity contribution in [2.24, 2.45) is 5.92 Å². The van der Waals surface area contributed by atoms with Crippen molar-refractivity contribution in [3.05, 3.63) is 29.7 Å². The van der Waals surface area contributed by atoms with Gasteiger partial charge in [0.05, 0.1) is 5.75 Å². The number of carbonyl (C=O) groups excluding carboxylic acids is 1. The lowest BCUT2D eigenvalue weighted by Crippen LogP contribution is -2.35. The third-order valence-corrected chi connectivity index (χ3v) is 6.34. The fourth-order valence-electron chi connectivity index (χ4n) is 2.84. The summed E-state index contributed by atoms with van der Waals surface area (Å²) in [5.74, 6) is 2.81. The molecule has 1 N–H and O–H groups in total. The van der Waals surface area contributed by atoms with E-state index in [-0.39, 0.29) is 11.7 Å². The van der Waals surface area contributed by atoms with Crippen LogP contribution in [-0.4, -0.2) is 44.0 Å². The number of furan rings is 1. The Bertz CT molecular complexity index is 707. The second-order valence-corrected chi connectivity index (χ2v) is 8.34. The molecule has 1 saturated carbocycles. The highest BCUT2D eigenvalue weighted by Gasteiger charge is 2.36. The molecule has 1 aliphatic heterocycles. The van der Waals surface area contributed by atoms with Crippen molar-refractivity contribution in [1.82, 2.24) is 9.62 Å². The van der Waals surface area contributed by atoms with Crippen LogP contribution in [0, 0.1) is 5.92 Å². The summed E-state index contributed by atoms with van der Waals surface area (Å²) in [7, 11) is -3.10. The van der Waals surface area contributed by atoms with Crippen molar-refractivity contribution in [2.45, 2.75) is 25.7 Å². The lowest BCUT2D eigenvalue weighted by Gasteiger charge is -2.13. The molecule has 1 aliphatic carbocycles. The number of hydrogen-bond acceptors (Lipinski definition) is 4. The van der Waals surface area contributed by atoms with Crippen molar-refractivity contribution in [2.75, 3.05) is 25.4 Å². The van der Waals surface area contributed by atoms with Gasteiger partial charge >= 0.3 is 0 Å². The largest absolute Gasteiger partial charge is 0.461 e. The lowest BCUT2D eigenvalue weighted by molar-refractivity contribution is -0.116. The highest BCUT2D eigenvalue weighted by atomic mass is 32.2. The van der Waals surface area contributed by atoms with E-state index < -0.39 is 10.0 Å². The standard InChI is InChI=1S/C16H22N2O4S/c1-12-11-14(12)15-5-3-13(22-15)4-6-16(19)17-7-9-18-8-2-10-23(18,20)21/h3-6,12,14H,2,7-11H2,1H3,(H,17,19)/b6-4-/t12-,14-/m1/s1. The Labute approximate surface area is 136 Å². The first-order valence-electron chi connectivity index (χ1n) is 7.99. The Hall–Kier alpha value is -1.60. The van der Waals surface area contributed by atoms with Gasteiger partial charge in [-0.2, -0.15) is 0 Å². The molecule has 0 unspecified atom stereocenters. The molecule has 3 rings (SSSR count). The summed E-state index contributed by atoms with van der Waals surface area (Å²) in [5.41, 5.74) is 0. The van der Waals surface area contributed by atoms with E-state index in [0.717, 1.165) is 12.2 Å². The summed E-state index contributed by atoms with van der Waals surface area (Å²) in [6, 6.07) is 3.82. The third-order valence-electron chi connectivity index (χ3n) is 4.39. The first-order chi connectivity index (χ1) is 11.0. The van der Waals surface area contributed by atoms with E-state index in [1.165, 1.54) is 10.4 Å². The summed E-state index contributed by atoms with van der Waals surface area (Å²) in [5, 5.41) is 2.69. The zero-order valence-corrected chi connectivity index (χ0v) is 14.0. The maximum Gasteiger partial charge on any atom is 0.244 e. The third kappa shape index (κ3) is 4.03. The highest BCUT2D eigenvalue weighted by molar-refractivity contribution is 7.89. The molecular formula is C16H22N2O4S. The first-order valence-corrected chi connectivity index (χ1v) is 9.60. The molecule has 1 saturated heterocycles. The molecular weight excluding hydrogens is 316 g/mol. The minimum atomic E-state index is -3.10. The van der Waals surface area contributed by atoms with Crippen LogP contribution in [0.2, 0.25) is 0 Å². The quantitative estimate of drug-likeness (QED) is 0.799. The minimum Gasteiger partial charge on any atom is -0.461 e. The SMILES string of the molecule is C[C@@H]1C[C@H]1c1ccc(/C=C\C(=O)NCCN2CCCS2(=O)=O)o1. The van der Waals surface area contributed by atoms with Crippen LogP contribution >= 0.6 is 0 Å². The van der Waals surface area contributed by atoms with Crippen LogP contribution in [0.25, 0.3) is 6.08 Å². The number of sulfonamides is 1. The van der Waals surface area contributed by atoms with E-state index in [1.54, 1.807) is 6.08 Å². The molecule has 0 bridgehead atoms. The summed E-state index contributed by atoms with van der Waals surface area (Å²) < 4.78 is 30.4. The molecule has 1 amide bonds. The maximum absolute atomic E-state index is 11.7. The summed E-state index contributed by atoms with van der Waals surface area (Å²) in [6.45, 7) is 3.37. The minimum absolute atomic E-state index is 0.210. The van der Waals surface area contributed by atoms with Crippen molar-refractivity contribution in [3.63, 3.8) is 0 Å². The number of hydrogen-bond donors (Lipinski definition) is 1. The Morgan fingerprint density at radius 1 is 1.48 bits per heavy atom. The van der Waals surface area contributed by atoms with Gasteiger partial charge in [-0.15, -0.1) is 0 Å². The van der Waals surface area contributed by atoms with Gasteiger partial charge in [0.2, 0.25) is 15.9 Å². The van der Waals surface area contributed by atoms with Crippen molar-refractivity contribution >= 4 is 22.0 Å². The Morgan fingerprint density at radius 2 is 2.26 bits per heavy atom. The molecule has 7 heteroatoms. The van der Waals surface area contributed by atoms with Gasteiger partial charge in [0, 0.05) is 31.6 Å². The van der Waals surface area contributed by atoms with E-state index in [1.807, 2.05) is 12.1 Å². The Morgan fingerprint density at radius 3 is 2.91 bits per heavy atom. The Kier molecular flexibility index (Phi) is 4.59. The van der Waals surface area contributed by atoms with Gasteiger partial charge in [-0.3, -0.25) is 4.79 Å². The van der Waals surface area contributed by atoms with Crippen LogP contribution in [0.1, 0.15) is 37.2 Å². The van der Waals surface area contributed by atoms with Crippen LogP contribution in [-0.2, 0) is 14.8 Å². The van der Waals surface area contributed by atoms with Gasteiger partial charge in [0.15, 0.2) is 0 Å². The molecule has 2 aliphatic rings. The fourth-order valence-corrected chi connectivity index (χ4v) is 4.37. The van der Waals surface area contributed by atoms with Crippen LogP contribution in [0.15, 0.2) is 22.6 Å². The fraction of sp³-hybridized carbons (Fsp3) is 0.562. The normalized spacial score (nSPS) is 26.7. The Balaban J connectivity index is 1.43. The molecule has 2 fully saturated rings. The molecule has 1 aromatic heterocycles. The van der Waals surface area contributed by atoms with E-state index >= 15 is 0 Å². The average molecular weight is 338 g/mol. The van der Waals surface area contributed by atoms with E-state index in [9.17, 15) is 13.2 Å². The zero-order valence-electron chi connectivity index (χ0n) is 13.2. The molecule has 0 aromatic carbocycles. The van der Waals surface area contributed by atoms with E-state index in [4.69, 9.17) is 4.42 Å². The molecule has 6 nitrogen and oxygen atoms in total. The van der Waals surface area contributed by atoms with E-state index in [0.29, 0.717) is 43.7 Å². The number of carbonyl (C=O) groups is 1. The summed E-state index contributed by atoms with van der Waals surface area (Å²) in [4.78, 5) is 11.7. The van der Waals surface area contributed by atoms with Crippen LogP contribution in [0.3, 0.4) is 0 Å². The predicted molar refractivity (Wildman–Crippen MR) is 87.3 cm³/mol. The van der Waals surface area contributed by atoms with Crippen LogP contribution < -0.4 is 5.32 Å². The van der Waals surface area contributed by atoms with Gasteiger partial charge in [0.1, 0.15) is 11.5 Å². The van der Waals surface area contributed by atoms with Crippen LogP contribution in [0.5, 0.6) is 0 Å². The van der Waals surface area contributed by atoms with Gasteiger partial charge in [0.25, 0.3) is 0 Å². The maximum atomic E-state index is 11.7. The molecule has 23 heavy (non-hydrogen) atoms. The molecule has 1 aromatic rings. The molecule has 0 spiro atoms. The summed E-state index contributed by atoms with van der Waals surface area (Å²) >= 11 is 0. The second kappa shape index (κ2) is 6.49. The number of nitrogens with one attached hydrogen (secondary N) is 1. The molecule has 2 heterocycles. The topological polar surface area (TPSA) is 79.6 Å². The highest BCUT2D eigenvalue weighted by Crippen LogP contribution is 2.47.